The van der Waals surface area contributed by atoms with Gasteiger partial charge in [-0.3, -0.25) is 24.1 Å². The van der Waals surface area contributed by atoms with Gasteiger partial charge < -0.3 is 10.4 Å². The Kier molecular flexibility index (Phi) is 4.78. The summed E-state index contributed by atoms with van der Waals surface area (Å²) in [6, 6.07) is 4.30. The summed E-state index contributed by atoms with van der Waals surface area (Å²) >= 11 is 0. The van der Waals surface area contributed by atoms with Gasteiger partial charge in [-0.25, -0.2) is 0 Å². The molecule has 2 N–H and O–H groups in total. The zero-order valence-corrected chi connectivity index (χ0v) is 13.0. The highest BCUT2D eigenvalue weighted by Gasteiger charge is 2.36. The summed E-state index contributed by atoms with van der Waals surface area (Å²) in [5.41, 5.74) is 0.723. The van der Waals surface area contributed by atoms with E-state index in [0.29, 0.717) is 6.54 Å². The van der Waals surface area contributed by atoms with Crippen molar-refractivity contribution in [3.63, 3.8) is 0 Å². The van der Waals surface area contributed by atoms with Gasteiger partial charge in [-0.2, -0.15) is 0 Å². The summed E-state index contributed by atoms with van der Waals surface area (Å²) in [4.78, 5) is 48.1. The van der Waals surface area contributed by atoms with Crippen molar-refractivity contribution in [2.75, 3.05) is 13.1 Å². The fourth-order valence-corrected chi connectivity index (χ4v) is 2.35. The number of fused-ring (bicyclic) bond motifs is 1. The Hall–Kier alpha value is -2.70. The minimum Gasteiger partial charge on any atom is -0.481 e. The maximum atomic E-state index is 12.3. The lowest BCUT2D eigenvalue weighted by Gasteiger charge is -2.15. The van der Waals surface area contributed by atoms with Crippen LogP contribution in [0.15, 0.2) is 18.2 Å². The second-order valence-electron chi connectivity index (χ2n) is 5.77. The first-order valence-electron chi connectivity index (χ1n) is 7.31. The average Bonchev–Trinajstić information content (AvgIpc) is 2.71. The molecular formula is C16H18N2O5. The first-order chi connectivity index (χ1) is 10.8. The number of carbonyl (C=O) groups is 4. The average molecular weight is 318 g/mol. The van der Waals surface area contributed by atoms with E-state index in [-0.39, 0.29) is 41.5 Å². The SMILES string of the molecule is CC(C)CN1C(=O)c2ccc(C(=O)NCCC(=O)O)cc2C1=O. The summed E-state index contributed by atoms with van der Waals surface area (Å²) in [5.74, 6) is -2.09. The van der Waals surface area contributed by atoms with Crippen LogP contribution >= 0.6 is 0 Å². The molecule has 1 aliphatic rings. The molecule has 0 saturated carbocycles. The largest absolute Gasteiger partial charge is 0.481 e. The molecule has 0 unspecified atom stereocenters. The predicted molar refractivity (Wildman–Crippen MR) is 81.2 cm³/mol. The van der Waals surface area contributed by atoms with Gasteiger partial charge in [0.2, 0.25) is 0 Å². The monoisotopic (exact) mass is 318 g/mol. The minimum absolute atomic E-state index is 0.00238. The molecule has 1 aromatic rings. The molecule has 0 saturated heterocycles. The number of aliphatic carboxylic acids is 1. The molecule has 7 nitrogen and oxygen atoms in total. The number of benzene rings is 1. The molecule has 2 rings (SSSR count). The van der Waals surface area contributed by atoms with Crippen LogP contribution in [0.4, 0.5) is 0 Å². The lowest BCUT2D eigenvalue weighted by Crippen LogP contribution is -2.33. The molecule has 23 heavy (non-hydrogen) atoms. The van der Waals surface area contributed by atoms with Gasteiger partial charge in [0.15, 0.2) is 0 Å². The molecule has 0 aromatic heterocycles. The van der Waals surface area contributed by atoms with Crippen LogP contribution in [0.1, 0.15) is 51.3 Å². The fraction of sp³-hybridized carbons (Fsp3) is 0.375. The molecule has 1 heterocycles. The van der Waals surface area contributed by atoms with Gasteiger partial charge in [0.1, 0.15) is 0 Å². The topological polar surface area (TPSA) is 104 Å². The van der Waals surface area contributed by atoms with E-state index in [9.17, 15) is 19.2 Å². The lowest BCUT2D eigenvalue weighted by molar-refractivity contribution is -0.136. The van der Waals surface area contributed by atoms with E-state index in [0.717, 1.165) is 0 Å². The highest BCUT2D eigenvalue weighted by atomic mass is 16.4. The number of carbonyl (C=O) groups excluding carboxylic acids is 3. The molecule has 0 aliphatic carbocycles. The van der Waals surface area contributed by atoms with E-state index in [1.54, 1.807) is 0 Å². The number of carboxylic acid groups (broad SMARTS) is 1. The van der Waals surface area contributed by atoms with E-state index < -0.39 is 17.8 Å². The summed E-state index contributed by atoms with van der Waals surface area (Å²) < 4.78 is 0. The number of carboxylic acids is 1. The van der Waals surface area contributed by atoms with Crippen molar-refractivity contribution in [3.8, 4) is 0 Å². The van der Waals surface area contributed by atoms with E-state index in [1.165, 1.54) is 23.1 Å². The molecule has 0 bridgehead atoms. The highest BCUT2D eigenvalue weighted by Crippen LogP contribution is 2.24. The molecule has 1 aliphatic heterocycles. The molecule has 0 atom stereocenters. The van der Waals surface area contributed by atoms with Gasteiger partial charge >= 0.3 is 5.97 Å². The molecule has 122 valence electrons. The Bertz CT molecular complexity index is 681. The van der Waals surface area contributed by atoms with E-state index in [1.807, 2.05) is 13.8 Å². The smallest absolute Gasteiger partial charge is 0.305 e. The van der Waals surface area contributed by atoms with Gasteiger partial charge in [0, 0.05) is 18.7 Å². The second-order valence-corrected chi connectivity index (χ2v) is 5.77. The number of imide groups is 1. The van der Waals surface area contributed by atoms with Crippen LogP contribution in [0, 0.1) is 5.92 Å². The van der Waals surface area contributed by atoms with Crippen molar-refractivity contribution in [2.24, 2.45) is 5.92 Å². The zero-order valence-electron chi connectivity index (χ0n) is 13.0. The maximum Gasteiger partial charge on any atom is 0.305 e. The standard InChI is InChI=1S/C16H18N2O5/c1-9(2)8-18-15(22)11-4-3-10(7-12(11)16(18)23)14(21)17-6-5-13(19)20/h3-4,7,9H,5-6,8H2,1-2H3,(H,17,21)(H,19,20). The van der Waals surface area contributed by atoms with Crippen LogP contribution in [0.5, 0.6) is 0 Å². The van der Waals surface area contributed by atoms with Crippen LogP contribution in [-0.4, -0.2) is 46.8 Å². The predicted octanol–water partition coefficient (Wildman–Crippen LogP) is 1.14. The molecule has 7 heteroatoms. The van der Waals surface area contributed by atoms with Crippen molar-refractivity contribution < 1.29 is 24.3 Å². The van der Waals surface area contributed by atoms with Gasteiger partial charge in [-0.05, 0) is 24.1 Å². The third-order valence-corrected chi connectivity index (χ3v) is 3.41. The van der Waals surface area contributed by atoms with Crippen molar-refractivity contribution in [3.05, 3.63) is 34.9 Å². The number of nitrogens with zero attached hydrogens (tertiary/aromatic N) is 1. The molecule has 0 radical (unpaired) electrons. The summed E-state index contributed by atoms with van der Waals surface area (Å²) in [6.45, 7) is 4.14. The Morgan fingerprint density at radius 2 is 1.83 bits per heavy atom. The Morgan fingerprint density at radius 3 is 2.43 bits per heavy atom. The zero-order chi connectivity index (χ0) is 17.1. The number of hydrogen-bond donors (Lipinski definition) is 2. The Balaban J connectivity index is 2.17. The van der Waals surface area contributed by atoms with Crippen molar-refractivity contribution in [2.45, 2.75) is 20.3 Å². The highest BCUT2D eigenvalue weighted by molar-refractivity contribution is 6.22. The van der Waals surface area contributed by atoms with Crippen LogP contribution in [-0.2, 0) is 4.79 Å². The lowest BCUT2D eigenvalue weighted by atomic mass is 10.1. The molecule has 0 fully saturated rings. The van der Waals surface area contributed by atoms with Crippen LogP contribution in [0.25, 0.3) is 0 Å². The van der Waals surface area contributed by atoms with Crippen molar-refractivity contribution in [1.29, 1.82) is 0 Å². The number of rotatable bonds is 6. The van der Waals surface area contributed by atoms with E-state index in [2.05, 4.69) is 5.32 Å². The first-order valence-corrected chi connectivity index (χ1v) is 7.31. The van der Waals surface area contributed by atoms with Crippen LogP contribution in [0.2, 0.25) is 0 Å². The van der Waals surface area contributed by atoms with Gasteiger partial charge in [-0.15, -0.1) is 0 Å². The molecule has 3 amide bonds. The third-order valence-electron chi connectivity index (χ3n) is 3.41. The minimum atomic E-state index is -1.01. The fourth-order valence-electron chi connectivity index (χ4n) is 2.35. The summed E-state index contributed by atoms with van der Waals surface area (Å²) in [6.07, 6.45) is -0.184. The normalized spacial score (nSPS) is 13.4. The van der Waals surface area contributed by atoms with Gasteiger partial charge in [0.05, 0.1) is 17.5 Å². The quantitative estimate of drug-likeness (QED) is 0.766. The first kappa shape index (κ1) is 16.7. The summed E-state index contributed by atoms with van der Waals surface area (Å²) in [7, 11) is 0. The number of nitrogens with one attached hydrogen (secondary N) is 1. The van der Waals surface area contributed by atoms with Crippen LogP contribution < -0.4 is 5.32 Å². The van der Waals surface area contributed by atoms with Gasteiger partial charge in [0.25, 0.3) is 17.7 Å². The van der Waals surface area contributed by atoms with Gasteiger partial charge in [-0.1, -0.05) is 13.8 Å². The summed E-state index contributed by atoms with van der Waals surface area (Å²) in [5, 5.41) is 11.0. The molecule has 1 aromatic carbocycles. The second kappa shape index (κ2) is 6.60. The Morgan fingerprint density at radius 1 is 1.17 bits per heavy atom. The maximum absolute atomic E-state index is 12.3. The third kappa shape index (κ3) is 3.56. The van der Waals surface area contributed by atoms with E-state index >= 15 is 0 Å². The molecular weight excluding hydrogens is 300 g/mol. The number of amides is 3. The van der Waals surface area contributed by atoms with Crippen molar-refractivity contribution >= 4 is 23.7 Å². The van der Waals surface area contributed by atoms with Crippen molar-refractivity contribution in [1.82, 2.24) is 10.2 Å². The van der Waals surface area contributed by atoms with Crippen LogP contribution in [0.3, 0.4) is 0 Å². The van der Waals surface area contributed by atoms with E-state index in [4.69, 9.17) is 5.11 Å². The molecule has 0 spiro atoms. The number of hydrogen-bond acceptors (Lipinski definition) is 4. The Labute approximate surface area is 133 Å².